The minimum atomic E-state index is 0.531. The van der Waals surface area contributed by atoms with Crippen molar-refractivity contribution in [1.29, 1.82) is 0 Å². The fourth-order valence-electron chi connectivity index (χ4n) is 0.904. The smallest absolute Gasteiger partial charge is 0.0496 e. The second-order valence-electron chi connectivity index (χ2n) is 2.60. The van der Waals surface area contributed by atoms with Crippen molar-refractivity contribution in [2.24, 2.45) is 11.8 Å². The highest BCUT2D eigenvalue weighted by Crippen LogP contribution is 2.19. The van der Waals surface area contributed by atoms with Gasteiger partial charge in [-0.05, 0) is 25.2 Å². The summed E-state index contributed by atoms with van der Waals surface area (Å²) in [6.45, 7) is 7.99. The molecule has 1 radical (unpaired) electrons. The van der Waals surface area contributed by atoms with Crippen LogP contribution in [0.3, 0.4) is 0 Å². The Balaban J connectivity index is 2.28. The molecule has 8 heavy (non-hydrogen) atoms. The van der Waals surface area contributed by atoms with Gasteiger partial charge in [0, 0.05) is 13.2 Å². The minimum absolute atomic E-state index is 0.531. The van der Waals surface area contributed by atoms with E-state index in [9.17, 15) is 0 Å². The van der Waals surface area contributed by atoms with Gasteiger partial charge in [-0.15, -0.1) is 0 Å². The lowest BCUT2D eigenvalue weighted by Gasteiger charge is -2.24. The van der Waals surface area contributed by atoms with E-state index in [1.54, 1.807) is 0 Å². The lowest BCUT2D eigenvalue weighted by atomic mass is 9.92. The van der Waals surface area contributed by atoms with Crippen molar-refractivity contribution in [1.82, 2.24) is 0 Å². The molecule has 2 unspecified atom stereocenters. The first-order valence-corrected chi connectivity index (χ1v) is 3.21. The fraction of sp³-hybridized carbons (Fsp3) is 0.857. The Morgan fingerprint density at radius 3 is 2.75 bits per heavy atom. The van der Waals surface area contributed by atoms with Gasteiger partial charge in [0.25, 0.3) is 0 Å². The van der Waals surface area contributed by atoms with E-state index >= 15 is 0 Å². The summed E-state index contributed by atoms with van der Waals surface area (Å²) in [4.78, 5) is 0. The summed E-state index contributed by atoms with van der Waals surface area (Å²) in [6.07, 6.45) is 1.19. The molecule has 0 aromatic heterocycles. The Kier molecular flexibility index (Phi) is 1.90. The number of hydrogen-bond acceptors (Lipinski definition) is 1. The molecule has 1 heteroatoms. The first-order valence-electron chi connectivity index (χ1n) is 3.21. The maximum absolute atomic E-state index is 5.19. The Hall–Kier alpha value is -0.0400. The molecule has 0 aliphatic carbocycles. The Morgan fingerprint density at radius 2 is 2.38 bits per heavy atom. The molecule has 0 amide bonds. The summed E-state index contributed by atoms with van der Waals surface area (Å²) in [5.74, 6) is 1.30. The first kappa shape index (κ1) is 6.09. The van der Waals surface area contributed by atoms with Crippen LogP contribution in [0.15, 0.2) is 0 Å². The predicted octanol–water partition coefficient (Wildman–Crippen LogP) is 1.49. The van der Waals surface area contributed by atoms with Crippen molar-refractivity contribution >= 4 is 0 Å². The fourth-order valence-corrected chi connectivity index (χ4v) is 0.904. The predicted molar refractivity (Wildman–Crippen MR) is 33.4 cm³/mol. The van der Waals surface area contributed by atoms with Crippen LogP contribution in [0.4, 0.5) is 0 Å². The molecular formula is C7H13O. The molecule has 0 saturated carbocycles. The largest absolute Gasteiger partial charge is 0.381 e. The van der Waals surface area contributed by atoms with Crippen LogP contribution in [0.1, 0.15) is 13.3 Å². The molecule has 0 bridgehead atoms. The maximum atomic E-state index is 5.19. The summed E-state index contributed by atoms with van der Waals surface area (Å²) in [7, 11) is 0. The number of rotatable bonds is 0. The Labute approximate surface area is 51.0 Å². The van der Waals surface area contributed by atoms with Gasteiger partial charge in [-0.25, -0.2) is 0 Å². The number of hydrogen-bond donors (Lipinski definition) is 0. The van der Waals surface area contributed by atoms with E-state index in [4.69, 9.17) is 4.74 Å². The lowest BCUT2D eigenvalue weighted by molar-refractivity contribution is 0.0401. The van der Waals surface area contributed by atoms with Crippen LogP contribution in [0, 0.1) is 18.8 Å². The van der Waals surface area contributed by atoms with Gasteiger partial charge in [0.15, 0.2) is 0 Å². The molecular weight excluding hydrogens is 100 g/mol. The van der Waals surface area contributed by atoms with E-state index in [1.807, 2.05) is 0 Å². The first-order chi connectivity index (χ1) is 3.80. The van der Waals surface area contributed by atoms with Crippen LogP contribution in [-0.2, 0) is 4.74 Å². The normalized spacial score (nSPS) is 39.8. The molecule has 1 rings (SSSR count). The van der Waals surface area contributed by atoms with Crippen LogP contribution >= 0.6 is 0 Å². The highest BCUT2D eigenvalue weighted by molar-refractivity contribution is 4.70. The second kappa shape index (κ2) is 2.49. The Morgan fingerprint density at radius 1 is 1.62 bits per heavy atom. The van der Waals surface area contributed by atoms with Crippen molar-refractivity contribution < 1.29 is 4.74 Å². The van der Waals surface area contributed by atoms with E-state index in [0.717, 1.165) is 19.1 Å². The van der Waals surface area contributed by atoms with Crippen LogP contribution in [0.25, 0.3) is 0 Å². The SMILES string of the molecule is [CH2]C1COCCC1C. The van der Waals surface area contributed by atoms with E-state index in [1.165, 1.54) is 6.42 Å². The summed E-state index contributed by atoms with van der Waals surface area (Å²) in [5.41, 5.74) is 0. The van der Waals surface area contributed by atoms with E-state index < -0.39 is 0 Å². The molecule has 0 aromatic carbocycles. The third kappa shape index (κ3) is 1.22. The molecule has 47 valence electrons. The van der Waals surface area contributed by atoms with Gasteiger partial charge in [-0.1, -0.05) is 6.92 Å². The van der Waals surface area contributed by atoms with Crippen molar-refractivity contribution in [2.45, 2.75) is 13.3 Å². The molecule has 2 atom stereocenters. The van der Waals surface area contributed by atoms with Crippen molar-refractivity contribution in [2.75, 3.05) is 13.2 Å². The van der Waals surface area contributed by atoms with Crippen molar-refractivity contribution in [3.63, 3.8) is 0 Å². The van der Waals surface area contributed by atoms with E-state index in [0.29, 0.717) is 5.92 Å². The van der Waals surface area contributed by atoms with E-state index in [2.05, 4.69) is 13.8 Å². The van der Waals surface area contributed by atoms with Crippen LogP contribution in [-0.4, -0.2) is 13.2 Å². The highest BCUT2D eigenvalue weighted by Gasteiger charge is 2.16. The molecule has 1 nitrogen and oxygen atoms in total. The van der Waals surface area contributed by atoms with Gasteiger partial charge in [-0.3, -0.25) is 0 Å². The van der Waals surface area contributed by atoms with Gasteiger partial charge >= 0.3 is 0 Å². The van der Waals surface area contributed by atoms with Crippen LogP contribution < -0.4 is 0 Å². The van der Waals surface area contributed by atoms with Crippen LogP contribution in [0.2, 0.25) is 0 Å². The van der Waals surface area contributed by atoms with Crippen molar-refractivity contribution in [3.05, 3.63) is 6.92 Å². The zero-order valence-corrected chi connectivity index (χ0v) is 5.39. The quantitative estimate of drug-likeness (QED) is 0.462. The molecule has 1 heterocycles. The van der Waals surface area contributed by atoms with Crippen LogP contribution in [0.5, 0.6) is 0 Å². The second-order valence-corrected chi connectivity index (χ2v) is 2.60. The Bertz CT molecular complexity index is 60.8. The summed E-state index contributed by atoms with van der Waals surface area (Å²) >= 11 is 0. The molecule has 1 aliphatic rings. The third-order valence-corrected chi connectivity index (χ3v) is 1.85. The lowest BCUT2D eigenvalue weighted by Crippen LogP contribution is -2.22. The average molecular weight is 113 g/mol. The highest BCUT2D eigenvalue weighted by atomic mass is 16.5. The van der Waals surface area contributed by atoms with Crippen molar-refractivity contribution in [3.8, 4) is 0 Å². The van der Waals surface area contributed by atoms with Gasteiger partial charge < -0.3 is 4.74 Å². The van der Waals surface area contributed by atoms with E-state index in [-0.39, 0.29) is 0 Å². The number of ether oxygens (including phenoxy) is 1. The summed E-state index contributed by atoms with van der Waals surface area (Å²) in [5, 5.41) is 0. The van der Waals surface area contributed by atoms with Gasteiger partial charge in [0.05, 0.1) is 0 Å². The summed E-state index contributed by atoms with van der Waals surface area (Å²) in [6, 6.07) is 0. The average Bonchev–Trinajstić information content (AvgIpc) is 1.77. The van der Waals surface area contributed by atoms with Gasteiger partial charge in [-0.2, -0.15) is 0 Å². The molecule has 0 spiro atoms. The van der Waals surface area contributed by atoms with Gasteiger partial charge in [0.2, 0.25) is 0 Å². The van der Waals surface area contributed by atoms with Gasteiger partial charge in [0.1, 0.15) is 0 Å². The molecule has 1 aliphatic heterocycles. The zero-order chi connectivity index (χ0) is 5.98. The molecule has 1 fully saturated rings. The molecule has 0 N–H and O–H groups in total. The topological polar surface area (TPSA) is 9.23 Å². The minimum Gasteiger partial charge on any atom is -0.381 e. The summed E-state index contributed by atoms with van der Waals surface area (Å²) < 4.78 is 5.19. The standard InChI is InChI=1S/C7H13O/c1-6-3-4-8-5-7(6)2/h6-7H,2-5H2,1H3. The molecule has 0 aromatic rings. The zero-order valence-electron chi connectivity index (χ0n) is 5.39. The molecule has 1 saturated heterocycles. The third-order valence-electron chi connectivity index (χ3n) is 1.85. The maximum Gasteiger partial charge on any atom is 0.0496 e. The monoisotopic (exact) mass is 113 g/mol.